The molecule has 0 unspecified atom stereocenters. The molecule has 1 aliphatic rings. The molecule has 0 radical (unpaired) electrons. The highest BCUT2D eigenvalue weighted by molar-refractivity contribution is 5.89. The van der Waals surface area contributed by atoms with Crippen molar-refractivity contribution in [2.24, 2.45) is 0 Å². The first kappa shape index (κ1) is 18.4. The number of nitrogens with zero attached hydrogens (tertiary/aromatic N) is 5. The van der Waals surface area contributed by atoms with Crippen LogP contribution >= 0.6 is 0 Å². The van der Waals surface area contributed by atoms with Crippen molar-refractivity contribution in [3.05, 3.63) is 54.0 Å². The van der Waals surface area contributed by atoms with Gasteiger partial charge >= 0.3 is 6.03 Å². The van der Waals surface area contributed by atoms with Crippen LogP contribution in [0.5, 0.6) is 0 Å². The van der Waals surface area contributed by atoms with E-state index in [2.05, 4.69) is 24.8 Å². The van der Waals surface area contributed by atoms with Crippen LogP contribution in [0.3, 0.4) is 0 Å². The lowest BCUT2D eigenvalue weighted by atomic mass is 10.2. The van der Waals surface area contributed by atoms with Crippen molar-refractivity contribution in [1.29, 1.82) is 0 Å². The number of carbonyl (C=O) groups is 1. The Balaban J connectivity index is 1.29. The lowest BCUT2D eigenvalue weighted by molar-refractivity contribution is 0.144. The first-order chi connectivity index (χ1) is 13.6. The minimum atomic E-state index is -0.0223. The van der Waals surface area contributed by atoms with Crippen LogP contribution in [0.25, 0.3) is 11.2 Å². The predicted molar refractivity (Wildman–Crippen MR) is 110 cm³/mol. The normalized spacial score (nSPS) is 15.1. The number of fused-ring (bicyclic) bond motifs is 1. The van der Waals surface area contributed by atoms with Crippen LogP contribution in [-0.2, 0) is 6.54 Å². The quantitative estimate of drug-likeness (QED) is 0.758. The standard InChI is InChI=1S/C21H26N6O/c1-16-5-3-6-18(15-16)24-21(28)26-12-9-25(10-13-26)11-14-27-17(2)23-19-7-4-8-22-20(19)27/h3-8,15H,9-14H2,1-2H3,(H,24,28). The van der Waals surface area contributed by atoms with Gasteiger partial charge in [-0.2, -0.15) is 0 Å². The molecule has 28 heavy (non-hydrogen) atoms. The van der Waals surface area contributed by atoms with Gasteiger partial charge in [-0.3, -0.25) is 4.90 Å². The Kier molecular flexibility index (Phi) is 5.25. The fourth-order valence-corrected chi connectivity index (χ4v) is 3.68. The molecule has 0 atom stereocenters. The number of nitrogens with one attached hydrogen (secondary N) is 1. The second kappa shape index (κ2) is 7.98. The summed E-state index contributed by atoms with van der Waals surface area (Å²) in [7, 11) is 0. The molecule has 3 aromatic rings. The number of piperazine rings is 1. The van der Waals surface area contributed by atoms with Crippen molar-refractivity contribution in [2.75, 3.05) is 38.0 Å². The van der Waals surface area contributed by atoms with E-state index < -0.39 is 0 Å². The fourth-order valence-electron chi connectivity index (χ4n) is 3.68. The summed E-state index contributed by atoms with van der Waals surface area (Å²) in [5, 5.41) is 3.00. The second-order valence-corrected chi connectivity index (χ2v) is 7.29. The van der Waals surface area contributed by atoms with Gasteiger partial charge < -0.3 is 14.8 Å². The molecule has 1 aliphatic heterocycles. The molecular weight excluding hydrogens is 352 g/mol. The summed E-state index contributed by atoms with van der Waals surface area (Å²) in [5.41, 5.74) is 3.87. The molecule has 1 aromatic carbocycles. The van der Waals surface area contributed by atoms with Crippen molar-refractivity contribution in [3.63, 3.8) is 0 Å². The number of hydrogen-bond acceptors (Lipinski definition) is 4. The largest absolute Gasteiger partial charge is 0.322 e. The fraction of sp³-hybridized carbons (Fsp3) is 0.381. The number of anilines is 1. The SMILES string of the molecule is Cc1cccc(NC(=O)N2CCN(CCn3c(C)nc4cccnc43)CC2)c1. The van der Waals surface area contributed by atoms with Crippen LogP contribution < -0.4 is 5.32 Å². The highest BCUT2D eigenvalue weighted by Gasteiger charge is 2.21. The van der Waals surface area contributed by atoms with Gasteiger partial charge in [0.15, 0.2) is 5.65 Å². The lowest BCUT2D eigenvalue weighted by Crippen LogP contribution is -2.50. The molecule has 3 heterocycles. The summed E-state index contributed by atoms with van der Waals surface area (Å²) in [6, 6.07) is 11.8. The second-order valence-electron chi connectivity index (χ2n) is 7.29. The Bertz CT molecular complexity index is 974. The molecule has 7 nitrogen and oxygen atoms in total. The van der Waals surface area contributed by atoms with Gasteiger partial charge in [-0.05, 0) is 43.7 Å². The average molecular weight is 378 g/mol. The highest BCUT2D eigenvalue weighted by Crippen LogP contribution is 2.14. The molecule has 2 amide bonds. The van der Waals surface area contributed by atoms with Crippen molar-refractivity contribution in [1.82, 2.24) is 24.3 Å². The number of aryl methyl sites for hydroxylation is 2. The molecule has 0 saturated carbocycles. The van der Waals surface area contributed by atoms with E-state index in [1.54, 1.807) is 0 Å². The van der Waals surface area contributed by atoms with Gasteiger partial charge in [0.25, 0.3) is 0 Å². The molecular formula is C21H26N6O. The maximum atomic E-state index is 12.5. The number of hydrogen-bond donors (Lipinski definition) is 1. The van der Waals surface area contributed by atoms with Gasteiger partial charge in [-0.25, -0.2) is 14.8 Å². The lowest BCUT2D eigenvalue weighted by Gasteiger charge is -2.34. The number of rotatable bonds is 4. The Labute approximate surface area is 165 Å². The van der Waals surface area contributed by atoms with Crippen molar-refractivity contribution >= 4 is 22.9 Å². The van der Waals surface area contributed by atoms with Gasteiger partial charge in [0.05, 0.1) is 0 Å². The van der Waals surface area contributed by atoms with Crippen LogP contribution in [0.4, 0.5) is 10.5 Å². The van der Waals surface area contributed by atoms with E-state index in [4.69, 9.17) is 0 Å². The van der Waals surface area contributed by atoms with E-state index in [0.717, 1.165) is 67.5 Å². The topological polar surface area (TPSA) is 66.3 Å². The number of aromatic nitrogens is 3. The minimum Gasteiger partial charge on any atom is -0.322 e. The smallest absolute Gasteiger partial charge is 0.321 e. The first-order valence-corrected chi connectivity index (χ1v) is 9.73. The molecule has 0 spiro atoms. The van der Waals surface area contributed by atoms with E-state index in [-0.39, 0.29) is 6.03 Å². The van der Waals surface area contributed by atoms with Crippen LogP contribution in [0.1, 0.15) is 11.4 Å². The van der Waals surface area contributed by atoms with E-state index in [0.29, 0.717) is 0 Å². The summed E-state index contributed by atoms with van der Waals surface area (Å²) >= 11 is 0. The maximum Gasteiger partial charge on any atom is 0.321 e. The zero-order valence-corrected chi connectivity index (χ0v) is 16.4. The van der Waals surface area contributed by atoms with Crippen LogP contribution in [0, 0.1) is 13.8 Å². The molecule has 146 valence electrons. The Morgan fingerprint density at radius 1 is 1.07 bits per heavy atom. The average Bonchev–Trinajstić information content (AvgIpc) is 3.02. The zero-order chi connectivity index (χ0) is 19.5. The molecule has 0 bridgehead atoms. The molecule has 1 fully saturated rings. The van der Waals surface area contributed by atoms with Crippen LogP contribution in [-0.4, -0.2) is 63.1 Å². The number of amides is 2. The third-order valence-electron chi connectivity index (χ3n) is 5.26. The third-order valence-corrected chi connectivity index (χ3v) is 5.26. The summed E-state index contributed by atoms with van der Waals surface area (Å²) in [4.78, 5) is 25.8. The van der Waals surface area contributed by atoms with E-state index in [1.165, 1.54) is 0 Å². The zero-order valence-electron chi connectivity index (χ0n) is 16.4. The van der Waals surface area contributed by atoms with E-state index in [1.807, 2.05) is 61.3 Å². The maximum absolute atomic E-state index is 12.5. The third kappa shape index (κ3) is 3.99. The highest BCUT2D eigenvalue weighted by atomic mass is 16.2. The van der Waals surface area contributed by atoms with Crippen molar-refractivity contribution in [3.8, 4) is 0 Å². The van der Waals surface area contributed by atoms with Gasteiger partial charge in [0.2, 0.25) is 0 Å². The molecule has 0 aliphatic carbocycles. The van der Waals surface area contributed by atoms with E-state index in [9.17, 15) is 4.79 Å². The number of imidazole rings is 1. The van der Waals surface area contributed by atoms with Gasteiger partial charge in [0, 0.05) is 51.2 Å². The molecule has 2 aromatic heterocycles. The van der Waals surface area contributed by atoms with Crippen molar-refractivity contribution < 1.29 is 4.79 Å². The van der Waals surface area contributed by atoms with Gasteiger partial charge in [-0.1, -0.05) is 12.1 Å². The number of pyridine rings is 1. The molecule has 7 heteroatoms. The Hall–Kier alpha value is -2.93. The molecule has 4 rings (SSSR count). The van der Waals surface area contributed by atoms with Gasteiger partial charge in [0.1, 0.15) is 11.3 Å². The minimum absolute atomic E-state index is 0.0223. The Morgan fingerprint density at radius 2 is 1.89 bits per heavy atom. The monoisotopic (exact) mass is 378 g/mol. The Morgan fingerprint density at radius 3 is 2.68 bits per heavy atom. The van der Waals surface area contributed by atoms with Crippen molar-refractivity contribution in [2.45, 2.75) is 20.4 Å². The van der Waals surface area contributed by atoms with E-state index >= 15 is 0 Å². The molecule has 1 N–H and O–H groups in total. The summed E-state index contributed by atoms with van der Waals surface area (Å²) in [6.07, 6.45) is 1.81. The predicted octanol–water partition coefficient (Wildman–Crippen LogP) is 2.90. The first-order valence-electron chi connectivity index (χ1n) is 9.73. The number of urea groups is 1. The van der Waals surface area contributed by atoms with Gasteiger partial charge in [-0.15, -0.1) is 0 Å². The summed E-state index contributed by atoms with van der Waals surface area (Å²) in [6.45, 7) is 9.05. The number of carbonyl (C=O) groups excluding carboxylic acids is 1. The number of benzene rings is 1. The summed E-state index contributed by atoms with van der Waals surface area (Å²) in [5.74, 6) is 0.991. The van der Waals surface area contributed by atoms with Crippen LogP contribution in [0.2, 0.25) is 0 Å². The molecule has 1 saturated heterocycles. The van der Waals surface area contributed by atoms with Crippen LogP contribution in [0.15, 0.2) is 42.6 Å². The summed E-state index contributed by atoms with van der Waals surface area (Å²) < 4.78 is 2.17.